The van der Waals surface area contributed by atoms with Crippen molar-refractivity contribution in [2.45, 2.75) is 31.1 Å². The largest absolute Gasteiger partial charge is 0.130 e. The Morgan fingerprint density at radius 1 is 1.28 bits per heavy atom. The van der Waals surface area contributed by atoms with Crippen LogP contribution < -0.4 is 0 Å². The maximum absolute atomic E-state index is 2.51. The fraction of sp³-hybridized carbons (Fsp3) is 0.412. The highest BCUT2D eigenvalue weighted by atomic mass is 32.2. The van der Waals surface area contributed by atoms with Crippen molar-refractivity contribution in [1.29, 1.82) is 0 Å². The number of fused-ring (bicyclic) bond motifs is 3. The van der Waals surface area contributed by atoms with Crippen LogP contribution in [0.15, 0.2) is 46.9 Å². The summed E-state index contributed by atoms with van der Waals surface area (Å²) in [5.74, 6) is 1.96. The Labute approximate surface area is 114 Å². The average molecular weight is 256 g/mol. The van der Waals surface area contributed by atoms with Crippen molar-refractivity contribution in [3.8, 4) is 0 Å². The van der Waals surface area contributed by atoms with Gasteiger partial charge in [-0.1, -0.05) is 38.1 Å². The second-order valence-corrected chi connectivity index (χ2v) is 6.52. The predicted octanol–water partition coefficient (Wildman–Crippen LogP) is 4.82. The van der Waals surface area contributed by atoms with E-state index < -0.39 is 0 Å². The molecule has 2 aliphatic carbocycles. The summed E-state index contributed by atoms with van der Waals surface area (Å²) < 4.78 is 0. The molecule has 18 heavy (non-hydrogen) atoms. The van der Waals surface area contributed by atoms with E-state index in [0.29, 0.717) is 17.8 Å². The van der Waals surface area contributed by atoms with Crippen molar-refractivity contribution in [1.82, 2.24) is 0 Å². The van der Waals surface area contributed by atoms with E-state index >= 15 is 0 Å². The second kappa shape index (κ2) is 4.62. The smallest absolute Gasteiger partial charge is 0.00901 e. The molecule has 0 bridgehead atoms. The van der Waals surface area contributed by atoms with Gasteiger partial charge in [-0.2, -0.15) is 0 Å². The maximum atomic E-state index is 2.51. The van der Waals surface area contributed by atoms with E-state index in [-0.39, 0.29) is 0 Å². The van der Waals surface area contributed by atoms with Gasteiger partial charge in [-0.3, -0.25) is 0 Å². The molecule has 0 nitrogen and oxygen atoms in total. The van der Waals surface area contributed by atoms with Crippen LogP contribution in [0.25, 0.3) is 0 Å². The summed E-state index contributed by atoms with van der Waals surface area (Å²) in [7, 11) is 0. The molecule has 0 radical (unpaired) electrons. The highest BCUT2D eigenvalue weighted by Crippen LogP contribution is 2.44. The van der Waals surface area contributed by atoms with Gasteiger partial charge in [-0.15, -0.1) is 11.8 Å². The van der Waals surface area contributed by atoms with Gasteiger partial charge >= 0.3 is 0 Å². The monoisotopic (exact) mass is 256 g/mol. The number of hydrogen-bond donors (Lipinski definition) is 0. The van der Waals surface area contributed by atoms with Crippen LogP contribution in [-0.2, 0) is 6.42 Å². The third kappa shape index (κ3) is 1.95. The summed E-state index contributed by atoms with van der Waals surface area (Å²) in [5.41, 5.74) is 4.62. The van der Waals surface area contributed by atoms with E-state index in [2.05, 4.69) is 56.5 Å². The van der Waals surface area contributed by atoms with Gasteiger partial charge in [0.15, 0.2) is 0 Å². The Bertz CT molecular complexity index is 522. The zero-order chi connectivity index (χ0) is 12.7. The van der Waals surface area contributed by atoms with Gasteiger partial charge in [0.1, 0.15) is 0 Å². The van der Waals surface area contributed by atoms with Gasteiger partial charge in [-0.05, 0) is 53.3 Å². The number of allylic oxidation sites excluding steroid dienone is 4. The van der Waals surface area contributed by atoms with E-state index in [1.54, 1.807) is 11.1 Å². The van der Waals surface area contributed by atoms with Gasteiger partial charge in [0.05, 0.1) is 0 Å². The molecule has 0 aliphatic heterocycles. The summed E-state index contributed by atoms with van der Waals surface area (Å²) in [6.45, 7) is 4.56. The van der Waals surface area contributed by atoms with E-state index in [1.165, 1.54) is 16.9 Å². The van der Waals surface area contributed by atoms with E-state index in [4.69, 9.17) is 0 Å². The molecular weight excluding hydrogens is 236 g/mol. The number of benzene rings is 1. The molecule has 94 valence electrons. The van der Waals surface area contributed by atoms with Crippen LogP contribution in [0.3, 0.4) is 0 Å². The third-order valence-corrected chi connectivity index (χ3v) is 4.92. The molecule has 0 N–H and O–H groups in total. The van der Waals surface area contributed by atoms with Crippen molar-refractivity contribution in [2.75, 3.05) is 6.26 Å². The minimum Gasteiger partial charge on any atom is -0.130 e. The van der Waals surface area contributed by atoms with Gasteiger partial charge in [-0.25, -0.2) is 0 Å². The summed E-state index contributed by atoms with van der Waals surface area (Å²) >= 11 is 1.84. The van der Waals surface area contributed by atoms with Crippen LogP contribution in [-0.4, -0.2) is 6.26 Å². The van der Waals surface area contributed by atoms with Crippen LogP contribution in [0.5, 0.6) is 0 Å². The molecular formula is C17H20S. The van der Waals surface area contributed by atoms with Crippen molar-refractivity contribution in [2.24, 2.45) is 11.8 Å². The fourth-order valence-electron chi connectivity index (χ4n) is 3.13. The SMILES string of the molecule is CSc1ccc2c(c1)CC1C=C(C(C)C)C=CC21. The first kappa shape index (κ1) is 12.1. The van der Waals surface area contributed by atoms with E-state index in [0.717, 1.165) is 0 Å². The van der Waals surface area contributed by atoms with Crippen molar-refractivity contribution in [3.05, 3.63) is 53.1 Å². The molecule has 1 heteroatoms. The molecule has 3 rings (SSSR count). The first-order valence-electron chi connectivity index (χ1n) is 6.75. The Kier molecular flexibility index (Phi) is 3.11. The maximum Gasteiger partial charge on any atom is 0.00901 e. The average Bonchev–Trinajstić information content (AvgIpc) is 2.74. The van der Waals surface area contributed by atoms with Gasteiger partial charge in [0.25, 0.3) is 0 Å². The van der Waals surface area contributed by atoms with Crippen LogP contribution in [0, 0.1) is 11.8 Å². The zero-order valence-electron chi connectivity index (χ0n) is 11.3. The van der Waals surface area contributed by atoms with Gasteiger partial charge in [0, 0.05) is 10.8 Å². The number of hydrogen-bond acceptors (Lipinski definition) is 1. The molecule has 0 saturated heterocycles. The predicted molar refractivity (Wildman–Crippen MR) is 80.2 cm³/mol. The molecule has 0 saturated carbocycles. The highest BCUT2D eigenvalue weighted by molar-refractivity contribution is 7.98. The summed E-state index contributed by atoms with van der Waals surface area (Å²) in [5, 5.41) is 0. The van der Waals surface area contributed by atoms with Gasteiger partial charge in [0.2, 0.25) is 0 Å². The molecule has 0 fully saturated rings. The second-order valence-electron chi connectivity index (χ2n) is 5.64. The van der Waals surface area contributed by atoms with Crippen LogP contribution in [0.4, 0.5) is 0 Å². The summed E-state index contributed by atoms with van der Waals surface area (Å²) in [6.07, 6.45) is 10.6. The number of rotatable bonds is 2. The summed E-state index contributed by atoms with van der Waals surface area (Å²) in [6, 6.07) is 6.99. The normalized spacial score (nSPS) is 25.0. The Morgan fingerprint density at radius 3 is 2.83 bits per heavy atom. The first-order valence-corrected chi connectivity index (χ1v) is 7.98. The first-order chi connectivity index (χ1) is 8.69. The Balaban J connectivity index is 1.94. The van der Waals surface area contributed by atoms with E-state index in [1.807, 2.05) is 11.8 Å². The number of thioether (sulfide) groups is 1. The van der Waals surface area contributed by atoms with Crippen molar-refractivity contribution in [3.63, 3.8) is 0 Å². The van der Waals surface area contributed by atoms with Crippen molar-refractivity contribution >= 4 is 11.8 Å². The minimum atomic E-state index is 0.624. The van der Waals surface area contributed by atoms with Crippen LogP contribution in [0.1, 0.15) is 30.9 Å². The Hall–Kier alpha value is -0.950. The molecule has 0 spiro atoms. The fourth-order valence-corrected chi connectivity index (χ4v) is 3.60. The lowest BCUT2D eigenvalue weighted by molar-refractivity contribution is 0.609. The molecule has 2 unspecified atom stereocenters. The topological polar surface area (TPSA) is 0 Å². The molecule has 1 aromatic rings. The van der Waals surface area contributed by atoms with Crippen LogP contribution >= 0.6 is 11.8 Å². The lowest BCUT2D eigenvalue weighted by Gasteiger charge is -2.21. The molecule has 2 atom stereocenters. The molecule has 0 aromatic heterocycles. The quantitative estimate of drug-likeness (QED) is 0.684. The molecule has 0 heterocycles. The highest BCUT2D eigenvalue weighted by Gasteiger charge is 2.31. The molecule has 0 amide bonds. The van der Waals surface area contributed by atoms with Crippen molar-refractivity contribution < 1.29 is 0 Å². The standard InChI is InChI=1S/C17H20S/c1-11(2)12-4-6-16-13(8-12)9-14-10-15(18-3)5-7-17(14)16/h4-8,10-11,13,16H,9H2,1-3H3. The molecule has 1 aromatic carbocycles. The summed E-state index contributed by atoms with van der Waals surface area (Å²) in [4.78, 5) is 1.39. The minimum absolute atomic E-state index is 0.624. The molecule has 2 aliphatic rings. The zero-order valence-corrected chi connectivity index (χ0v) is 12.1. The third-order valence-electron chi connectivity index (χ3n) is 4.20. The van der Waals surface area contributed by atoms with Gasteiger partial charge < -0.3 is 0 Å². The van der Waals surface area contributed by atoms with E-state index in [9.17, 15) is 0 Å². The lowest BCUT2D eigenvalue weighted by atomic mass is 9.83. The van der Waals surface area contributed by atoms with Crippen LogP contribution in [0.2, 0.25) is 0 Å². The Morgan fingerprint density at radius 2 is 2.11 bits per heavy atom. The lowest BCUT2D eigenvalue weighted by Crippen LogP contribution is -2.09.